The predicted octanol–water partition coefficient (Wildman–Crippen LogP) is 2.40. The largest absolute Gasteiger partial charge is 0.497 e. The Morgan fingerprint density at radius 3 is 2.18 bits per heavy atom. The highest BCUT2D eigenvalue weighted by atomic mass is 16.5. The molecule has 0 radical (unpaired) electrons. The van der Waals surface area contributed by atoms with Crippen molar-refractivity contribution in [2.45, 2.75) is 19.1 Å². The van der Waals surface area contributed by atoms with Crippen LogP contribution in [0, 0.1) is 0 Å². The Morgan fingerprint density at radius 1 is 0.955 bits per heavy atom. The van der Waals surface area contributed by atoms with E-state index < -0.39 is 6.10 Å². The van der Waals surface area contributed by atoms with Crippen LogP contribution < -0.4 is 14.8 Å². The van der Waals surface area contributed by atoms with E-state index in [1.807, 2.05) is 48.5 Å². The lowest BCUT2D eigenvalue weighted by atomic mass is 10.1. The maximum Gasteiger partial charge on any atom is 0.122 e. The summed E-state index contributed by atoms with van der Waals surface area (Å²) in [6, 6.07) is 15.7. The molecule has 0 saturated carbocycles. The van der Waals surface area contributed by atoms with Crippen molar-refractivity contribution in [1.29, 1.82) is 0 Å². The molecular formula is C18H23NO3. The zero-order valence-electron chi connectivity index (χ0n) is 13.1. The molecule has 2 aromatic carbocycles. The van der Waals surface area contributed by atoms with Crippen molar-refractivity contribution in [2.75, 3.05) is 20.8 Å². The lowest BCUT2D eigenvalue weighted by Crippen LogP contribution is -2.28. The van der Waals surface area contributed by atoms with Gasteiger partial charge in [-0.2, -0.15) is 0 Å². The molecular weight excluding hydrogens is 278 g/mol. The van der Waals surface area contributed by atoms with E-state index in [0.29, 0.717) is 19.5 Å². The van der Waals surface area contributed by atoms with Crippen LogP contribution in [0.1, 0.15) is 11.1 Å². The summed E-state index contributed by atoms with van der Waals surface area (Å²) in [5.41, 5.74) is 2.20. The standard InChI is InChI=1S/C18H23NO3/c1-21-17-9-15(10-18(11-17)22-2)12-19-13-16(20)8-14-6-4-3-5-7-14/h3-7,9-11,16,19-20H,8,12-13H2,1-2H3. The third kappa shape index (κ3) is 5.06. The van der Waals surface area contributed by atoms with Crippen LogP contribution in [0.2, 0.25) is 0 Å². The summed E-state index contributed by atoms with van der Waals surface area (Å²) in [6.45, 7) is 1.19. The molecule has 4 nitrogen and oxygen atoms in total. The molecule has 0 amide bonds. The molecule has 0 saturated heterocycles. The summed E-state index contributed by atoms with van der Waals surface area (Å²) < 4.78 is 10.5. The minimum atomic E-state index is -0.407. The molecule has 0 aromatic heterocycles. The highest BCUT2D eigenvalue weighted by Crippen LogP contribution is 2.22. The fourth-order valence-corrected chi connectivity index (χ4v) is 2.31. The highest BCUT2D eigenvalue weighted by Gasteiger charge is 2.06. The van der Waals surface area contributed by atoms with Gasteiger partial charge >= 0.3 is 0 Å². The van der Waals surface area contributed by atoms with Crippen LogP contribution in [0.5, 0.6) is 11.5 Å². The van der Waals surface area contributed by atoms with Crippen molar-refractivity contribution in [3.05, 3.63) is 59.7 Å². The Labute approximate surface area is 131 Å². The molecule has 0 aliphatic carbocycles. The van der Waals surface area contributed by atoms with Gasteiger partial charge in [-0.1, -0.05) is 30.3 Å². The monoisotopic (exact) mass is 301 g/mol. The second kappa shape index (κ2) is 8.41. The van der Waals surface area contributed by atoms with Gasteiger partial charge in [0.2, 0.25) is 0 Å². The maximum absolute atomic E-state index is 10.1. The molecule has 22 heavy (non-hydrogen) atoms. The summed E-state index contributed by atoms with van der Waals surface area (Å²) in [4.78, 5) is 0. The molecule has 2 N–H and O–H groups in total. The zero-order chi connectivity index (χ0) is 15.8. The third-order valence-electron chi connectivity index (χ3n) is 3.43. The average molecular weight is 301 g/mol. The molecule has 1 atom stereocenters. The van der Waals surface area contributed by atoms with Crippen LogP contribution in [0.3, 0.4) is 0 Å². The van der Waals surface area contributed by atoms with Crippen molar-refractivity contribution in [3.8, 4) is 11.5 Å². The van der Waals surface area contributed by atoms with Crippen LogP contribution in [0.4, 0.5) is 0 Å². The van der Waals surface area contributed by atoms with Gasteiger partial charge in [0, 0.05) is 19.2 Å². The first-order valence-electron chi connectivity index (χ1n) is 7.36. The summed E-state index contributed by atoms with van der Waals surface area (Å²) >= 11 is 0. The van der Waals surface area contributed by atoms with E-state index in [0.717, 1.165) is 22.6 Å². The van der Waals surface area contributed by atoms with Crippen molar-refractivity contribution >= 4 is 0 Å². The molecule has 0 fully saturated rings. The minimum absolute atomic E-state index is 0.407. The number of aliphatic hydroxyl groups is 1. The van der Waals surface area contributed by atoms with Gasteiger partial charge in [-0.05, 0) is 29.7 Å². The molecule has 0 spiro atoms. The molecule has 0 aliphatic rings. The van der Waals surface area contributed by atoms with Crippen molar-refractivity contribution < 1.29 is 14.6 Å². The molecule has 0 bridgehead atoms. The van der Waals surface area contributed by atoms with Gasteiger partial charge in [-0.3, -0.25) is 0 Å². The second-order valence-corrected chi connectivity index (χ2v) is 5.20. The van der Waals surface area contributed by atoms with E-state index in [9.17, 15) is 5.11 Å². The number of hydrogen-bond acceptors (Lipinski definition) is 4. The second-order valence-electron chi connectivity index (χ2n) is 5.20. The Hall–Kier alpha value is -2.04. The molecule has 1 unspecified atom stereocenters. The van der Waals surface area contributed by atoms with E-state index in [4.69, 9.17) is 9.47 Å². The van der Waals surface area contributed by atoms with E-state index in [1.54, 1.807) is 14.2 Å². The molecule has 0 aliphatic heterocycles. The number of benzene rings is 2. The first kappa shape index (κ1) is 16.3. The van der Waals surface area contributed by atoms with E-state index in [-0.39, 0.29) is 0 Å². The summed E-state index contributed by atoms with van der Waals surface area (Å²) in [6.07, 6.45) is 0.241. The third-order valence-corrected chi connectivity index (χ3v) is 3.43. The van der Waals surface area contributed by atoms with Gasteiger partial charge < -0.3 is 19.9 Å². The van der Waals surface area contributed by atoms with Crippen LogP contribution in [0.25, 0.3) is 0 Å². The fraction of sp³-hybridized carbons (Fsp3) is 0.333. The number of rotatable bonds is 8. The fourth-order valence-electron chi connectivity index (χ4n) is 2.31. The molecule has 2 rings (SSSR count). The lowest BCUT2D eigenvalue weighted by molar-refractivity contribution is 0.171. The Morgan fingerprint density at radius 2 is 1.59 bits per heavy atom. The number of nitrogens with one attached hydrogen (secondary N) is 1. The quantitative estimate of drug-likeness (QED) is 0.786. The van der Waals surface area contributed by atoms with Crippen LogP contribution >= 0.6 is 0 Å². The normalized spacial score (nSPS) is 12.0. The Kier molecular flexibility index (Phi) is 6.25. The van der Waals surface area contributed by atoms with Gasteiger partial charge in [-0.15, -0.1) is 0 Å². The summed E-state index contributed by atoms with van der Waals surface area (Å²) in [7, 11) is 3.27. The zero-order valence-corrected chi connectivity index (χ0v) is 13.1. The highest BCUT2D eigenvalue weighted by molar-refractivity contribution is 5.38. The van der Waals surface area contributed by atoms with Gasteiger partial charge in [0.1, 0.15) is 11.5 Å². The van der Waals surface area contributed by atoms with Crippen molar-refractivity contribution in [3.63, 3.8) is 0 Å². The Bertz CT molecular complexity index is 550. The SMILES string of the molecule is COc1cc(CNCC(O)Cc2ccccc2)cc(OC)c1. The topological polar surface area (TPSA) is 50.7 Å². The smallest absolute Gasteiger partial charge is 0.122 e. The van der Waals surface area contributed by atoms with Gasteiger partial charge in [-0.25, -0.2) is 0 Å². The number of aliphatic hydroxyl groups excluding tert-OH is 1. The van der Waals surface area contributed by atoms with Crippen molar-refractivity contribution in [1.82, 2.24) is 5.32 Å². The minimum Gasteiger partial charge on any atom is -0.497 e. The molecule has 0 heterocycles. The van der Waals surface area contributed by atoms with Gasteiger partial charge in [0.25, 0.3) is 0 Å². The van der Waals surface area contributed by atoms with E-state index in [2.05, 4.69) is 5.32 Å². The average Bonchev–Trinajstić information content (AvgIpc) is 2.55. The molecule has 4 heteroatoms. The summed E-state index contributed by atoms with van der Waals surface area (Å²) in [5, 5.41) is 13.3. The maximum atomic E-state index is 10.1. The number of methoxy groups -OCH3 is 2. The van der Waals surface area contributed by atoms with E-state index >= 15 is 0 Å². The van der Waals surface area contributed by atoms with Crippen LogP contribution in [-0.4, -0.2) is 32.0 Å². The first-order chi connectivity index (χ1) is 10.7. The van der Waals surface area contributed by atoms with E-state index in [1.165, 1.54) is 0 Å². The lowest BCUT2D eigenvalue weighted by Gasteiger charge is -2.13. The molecule has 118 valence electrons. The van der Waals surface area contributed by atoms with Gasteiger partial charge in [0.15, 0.2) is 0 Å². The van der Waals surface area contributed by atoms with Crippen LogP contribution in [0.15, 0.2) is 48.5 Å². The molecule has 2 aromatic rings. The Balaban J connectivity index is 1.83. The van der Waals surface area contributed by atoms with Crippen molar-refractivity contribution in [2.24, 2.45) is 0 Å². The number of hydrogen-bond donors (Lipinski definition) is 2. The number of ether oxygens (including phenoxy) is 2. The van der Waals surface area contributed by atoms with Crippen LogP contribution in [-0.2, 0) is 13.0 Å². The predicted molar refractivity (Wildman–Crippen MR) is 87.4 cm³/mol. The van der Waals surface area contributed by atoms with Gasteiger partial charge in [0.05, 0.1) is 20.3 Å². The first-order valence-corrected chi connectivity index (χ1v) is 7.36. The summed E-state index contributed by atoms with van der Waals surface area (Å²) in [5.74, 6) is 1.53.